The van der Waals surface area contributed by atoms with Crippen molar-refractivity contribution in [2.75, 3.05) is 0 Å². The first-order chi connectivity index (χ1) is 13.6. The van der Waals surface area contributed by atoms with Crippen molar-refractivity contribution in [3.05, 3.63) is 89.5 Å². The number of rotatable bonds is 9. The standard InChI is InChI=1S/C26H35N2/c1-5-6-17-27-20-25(18-22(4)24-15-11-8-12-16-24)28(21(2)3)26(27)19-23-13-9-7-10-14-23/h7-16,20-22H,5-6,17-19H2,1-4H3/q+1. The van der Waals surface area contributed by atoms with Crippen molar-refractivity contribution in [2.24, 2.45) is 0 Å². The van der Waals surface area contributed by atoms with Crippen molar-refractivity contribution in [3.8, 4) is 0 Å². The summed E-state index contributed by atoms with van der Waals surface area (Å²) in [5.41, 5.74) is 4.26. The van der Waals surface area contributed by atoms with Gasteiger partial charge in [-0.2, -0.15) is 0 Å². The van der Waals surface area contributed by atoms with Crippen molar-refractivity contribution < 1.29 is 4.57 Å². The summed E-state index contributed by atoms with van der Waals surface area (Å²) < 4.78 is 5.10. The van der Waals surface area contributed by atoms with Crippen molar-refractivity contribution in [2.45, 2.75) is 71.9 Å². The van der Waals surface area contributed by atoms with E-state index in [4.69, 9.17) is 0 Å². The molecular formula is C26H35N2+. The summed E-state index contributed by atoms with van der Waals surface area (Å²) in [6.45, 7) is 10.4. The number of nitrogens with zero attached hydrogens (tertiary/aromatic N) is 2. The molecule has 2 aromatic carbocycles. The van der Waals surface area contributed by atoms with Gasteiger partial charge in [-0.05, 0) is 37.3 Å². The Morgan fingerprint density at radius 2 is 1.54 bits per heavy atom. The molecular weight excluding hydrogens is 340 g/mol. The number of aryl methyl sites for hydroxylation is 1. The van der Waals surface area contributed by atoms with E-state index in [1.807, 2.05) is 0 Å². The molecule has 0 aliphatic rings. The van der Waals surface area contributed by atoms with Crippen LogP contribution in [0, 0.1) is 0 Å². The van der Waals surface area contributed by atoms with Crippen LogP contribution in [0.2, 0.25) is 0 Å². The fraction of sp³-hybridized carbons (Fsp3) is 0.423. The van der Waals surface area contributed by atoms with Crippen LogP contribution in [0.1, 0.15) is 75.1 Å². The maximum absolute atomic E-state index is 2.59. The zero-order valence-corrected chi connectivity index (χ0v) is 17.9. The molecule has 0 bridgehead atoms. The van der Waals surface area contributed by atoms with Gasteiger partial charge in [0.15, 0.2) is 0 Å². The third-order valence-electron chi connectivity index (χ3n) is 5.58. The number of hydrogen-bond donors (Lipinski definition) is 0. The summed E-state index contributed by atoms with van der Waals surface area (Å²) in [5.74, 6) is 1.95. The van der Waals surface area contributed by atoms with E-state index in [0.29, 0.717) is 12.0 Å². The van der Waals surface area contributed by atoms with E-state index in [-0.39, 0.29) is 0 Å². The lowest BCUT2D eigenvalue weighted by atomic mass is 9.96. The molecule has 0 aliphatic heterocycles. The molecule has 1 unspecified atom stereocenters. The largest absolute Gasteiger partial charge is 0.261 e. The van der Waals surface area contributed by atoms with Crippen molar-refractivity contribution in [1.82, 2.24) is 4.57 Å². The molecule has 1 aromatic heterocycles. The van der Waals surface area contributed by atoms with Crippen molar-refractivity contribution in [3.63, 3.8) is 0 Å². The first kappa shape index (κ1) is 20.4. The van der Waals surface area contributed by atoms with Crippen LogP contribution in [-0.2, 0) is 19.4 Å². The molecule has 28 heavy (non-hydrogen) atoms. The molecule has 1 atom stereocenters. The van der Waals surface area contributed by atoms with Crippen LogP contribution in [-0.4, -0.2) is 4.57 Å². The SMILES string of the molecule is CCCCn1cc(CC(C)c2ccccc2)[n+](C(C)C)c1Cc1ccccc1. The van der Waals surface area contributed by atoms with Gasteiger partial charge in [0.05, 0.1) is 19.0 Å². The highest BCUT2D eigenvalue weighted by atomic mass is 15.2. The van der Waals surface area contributed by atoms with Crippen LogP contribution in [0.15, 0.2) is 66.9 Å². The first-order valence-corrected chi connectivity index (χ1v) is 10.8. The number of hydrogen-bond acceptors (Lipinski definition) is 0. The minimum Gasteiger partial charge on any atom is -0.234 e. The van der Waals surface area contributed by atoms with Gasteiger partial charge >= 0.3 is 0 Å². The Labute approximate surface area is 170 Å². The summed E-state index contributed by atoms with van der Waals surface area (Å²) in [6.07, 6.45) is 6.93. The van der Waals surface area contributed by atoms with E-state index in [1.54, 1.807) is 0 Å². The minimum atomic E-state index is 0.458. The normalized spacial score (nSPS) is 12.5. The molecule has 148 valence electrons. The van der Waals surface area contributed by atoms with E-state index in [1.165, 1.54) is 35.5 Å². The highest BCUT2D eigenvalue weighted by molar-refractivity contribution is 5.21. The van der Waals surface area contributed by atoms with Gasteiger partial charge in [-0.1, -0.05) is 80.9 Å². The van der Waals surface area contributed by atoms with E-state index in [0.717, 1.165) is 19.4 Å². The maximum atomic E-state index is 2.59. The quantitative estimate of drug-likeness (QED) is 0.400. The molecule has 2 heteroatoms. The Morgan fingerprint density at radius 3 is 2.14 bits per heavy atom. The fourth-order valence-corrected chi connectivity index (χ4v) is 4.10. The average Bonchev–Trinajstić information content (AvgIpc) is 3.04. The molecule has 0 spiro atoms. The maximum Gasteiger partial charge on any atom is 0.261 e. The second kappa shape index (κ2) is 9.73. The van der Waals surface area contributed by atoms with Crippen LogP contribution in [0.3, 0.4) is 0 Å². The molecule has 0 N–H and O–H groups in total. The van der Waals surface area contributed by atoms with E-state index in [2.05, 4.69) is 104 Å². The average molecular weight is 376 g/mol. The van der Waals surface area contributed by atoms with Gasteiger partial charge in [0, 0.05) is 6.42 Å². The molecule has 0 aliphatic carbocycles. The Balaban J connectivity index is 1.96. The summed E-state index contributed by atoms with van der Waals surface area (Å²) >= 11 is 0. The van der Waals surface area contributed by atoms with E-state index >= 15 is 0 Å². The molecule has 0 radical (unpaired) electrons. The second-order valence-corrected chi connectivity index (χ2v) is 8.23. The molecule has 3 rings (SSSR count). The number of unbranched alkanes of at least 4 members (excludes halogenated alkanes) is 1. The van der Waals surface area contributed by atoms with Gasteiger partial charge in [-0.25, -0.2) is 9.13 Å². The summed E-state index contributed by atoms with van der Waals surface area (Å²) in [4.78, 5) is 0. The fourth-order valence-electron chi connectivity index (χ4n) is 4.10. The van der Waals surface area contributed by atoms with Gasteiger partial charge < -0.3 is 0 Å². The Kier molecular flexibility index (Phi) is 7.08. The van der Waals surface area contributed by atoms with Gasteiger partial charge in [0.1, 0.15) is 11.9 Å². The predicted octanol–water partition coefficient (Wildman–Crippen LogP) is 6.09. The Morgan fingerprint density at radius 1 is 0.893 bits per heavy atom. The lowest BCUT2D eigenvalue weighted by Gasteiger charge is -2.13. The highest BCUT2D eigenvalue weighted by Crippen LogP contribution is 2.21. The van der Waals surface area contributed by atoms with Crippen molar-refractivity contribution in [1.29, 1.82) is 0 Å². The molecule has 3 aromatic rings. The van der Waals surface area contributed by atoms with Crippen molar-refractivity contribution >= 4 is 0 Å². The minimum absolute atomic E-state index is 0.458. The monoisotopic (exact) mass is 375 g/mol. The smallest absolute Gasteiger partial charge is 0.234 e. The van der Waals surface area contributed by atoms with Gasteiger partial charge in [-0.3, -0.25) is 0 Å². The van der Waals surface area contributed by atoms with Crippen LogP contribution < -0.4 is 4.57 Å². The van der Waals surface area contributed by atoms with E-state index in [9.17, 15) is 0 Å². The summed E-state index contributed by atoms with van der Waals surface area (Å²) in [6, 6.07) is 22.2. The van der Waals surface area contributed by atoms with Crippen LogP contribution in [0.4, 0.5) is 0 Å². The zero-order valence-electron chi connectivity index (χ0n) is 17.9. The molecule has 0 saturated heterocycles. The lowest BCUT2D eigenvalue weighted by Crippen LogP contribution is -2.43. The number of imidazole rings is 1. The zero-order chi connectivity index (χ0) is 19.9. The van der Waals surface area contributed by atoms with Crippen LogP contribution >= 0.6 is 0 Å². The second-order valence-electron chi connectivity index (χ2n) is 8.23. The lowest BCUT2D eigenvalue weighted by molar-refractivity contribution is -0.729. The van der Waals surface area contributed by atoms with Gasteiger partial charge in [0.2, 0.25) is 0 Å². The Bertz CT molecular complexity index is 847. The molecule has 2 nitrogen and oxygen atoms in total. The molecule has 0 fully saturated rings. The third kappa shape index (κ3) is 4.92. The Hall–Kier alpha value is -2.35. The summed E-state index contributed by atoms with van der Waals surface area (Å²) in [5, 5.41) is 0. The highest BCUT2D eigenvalue weighted by Gasteiger charge is 2.26. The molecule has 0 amide bonds. The number of aromatic nitrogens is 2. The third-order valence-corrected chi connectivity index (χ3v) is 5.58. The van der Waals surface area contributed by atoms with Gasteiger partial charge in [0.25, 0.3) is 5.82 Å². The topological polar surface area (TPSA) is 8.81 Å². The van der Waals surface area contributed by atoms with Gasteiger partial charge in [-0.15, -0.1) is 0 Å². The van der Waals surface area contributed by atoms with E-state index < -0.39 is 0 Å². The molecule has 1 heterocycles. The first-order valence-electron chi connectivity index (χ1n) is 10.8. The molecule has 0 saturated carbocycles. The van der Waals surface area contributed by atoms with Crippen LogP contribution in [0.5, 0.6) is 0 Å². The summed E-state index contributed by atoms with van der Waals surface area (Å²) in [7, 11) is 0. The van der Waals surface area contributed by atoms with Crippen LogP contribution in [0.25, 0.3) is 0 Å². The predicted molar refractivity (Wildman–Crippen MR) is 118 cm³/mol. The number of benzene rings is 2.